The van der Waals surface area contributed by atoms with E-state index in [0.29, 0.717) is 18.2 Å². The van der Waals surface area contributed by atoms with Gasteiger partial charge >= 0.3 is 0 Å². The highest BCUT2D eigenvalue weighted by molar-refractivity contribution is 5.45. The minimum atomic E-state index is 0.0338. The summed E-state index contributed by atoms with van der Waals surface area (Å²) in [5.74, 6) is 1.92. The molecule has 25 heavy (non-hydrogen) atoms. The second-order valence-electron chi connectivity index (χ2n) is 5.68. The highest BCUT2D eigenvalue weighted by Gasteiger charge is 2.09. The second-order valence-corrected chi connectivity index (χ2v) is 5.68. The lowest BCUT2D eigenvalue weighted by Gasteiger charge is -2.12. The minimum absolute atomic E-state index is 0.0338. The van der Waals surface area contributed by atoms with Crippen LogP contribution in [0.2, 0.25) is 0 Å². The van der Waals surface area contributed by atoms with Gasteiger partial charge < -0.3 is 14.8 Å². The molecule has 0 saturated heterocycles. The summed E-state index contributed by atoms with van der Waals surface area (Å²) in [5, 5.41) is 7.79. The van der Waals surface area contributed by atoms with Gasteiger partial charge in [-0.15, -0.1) is 0 Å². The molecular formula is C18H21N5O2. The van der Waals surface area contributed by atoms with Crippen LogP contribution >= 0.6 is 0 Å². The quantitative estimate of drug-likeness (QED) is 0.713. The second kappa shape index (κ2) is 7.65. The molecule has 7 nitrogen and oxygen atoms in total. The molecule has 0 saturated carbocycles. The summed E-state index contributed by atoms with van der Waals surface area (Å²) in [4.78, 5) is 8.50. The van der Waals surface area contributed by atoms with Crippen molar-refractivity contribution >= 4 is 5.82 Å². The molecule has 1 aromatic carbocycles. The molecule has 130 valence electrons. The van der Waals surface area contributed by atoms with E-state index < -0.39 is 0 Å². The first kappa shape index (κ1) is 16.8. The van der Waals surface area contributed by atoms with Gasteiger partial charge in [-0.25, -0.2) is 14.6 Å². The Balaban J connectivity index is 1.68. The van der Waals surface area contributed by atoms with Gasteiger partial charge in [0.25, 0.3) is 5.88 Å². The van der Waals surface area contributed by atoms with Crippen LogP contribution in [0.1, 0.15) is 19.5 Å². The van der Waals surface area contributed by atoms with E-state index >= 15 is 0 Å². The molecule has 0 aliphatic carbocycles. The lowest BCUT2D eigenvalue weighted by Crippen LogP contribution is -2.11. The third kappa shape index (κ3) is 4.26. The summed E-state index contributed by atoms with van der Waals surface area (Å²) in [5.41, 5.74) is 1.85. The van der Waals surface area contributed by atoms with Gasteiger partial charge in [0.2, 0.25) is 0 Å². The summed E-state index contributed by atoms with van der Waals surface area (Å²) in [6.45, 7) is 4.43. The van der Waals surface area contributed by atoms with Crippen molar-refractivity contribution in [3.63, 3.8) is 0 Å². The van der Waals surface area contributed by atoms with Crippen LogP contribution in [0.4, 0.5) is 5.82 Å². The van der Waals surface area contributed by atoms with Crippen LogP contribution in [-0.2, 0) is 6.54 Å². The molecule has 3 rings (SSSR count). The number of aromatic nitrogens is 4. The van der Waals surface area contributed by atoms with Crippen LogP contribution in [0.3, 0.4) is 0 Å². The van der Waals surface area contributed by atoms with E-state index in [4.69, 9.17) is 9.47 Å². The van der Waals surface area contributed by atoms with Crippen LogP contribution in [0.25, 0.3) is 5.69 Å². The van der Waals surface area contributed by atoms with Crippen LogP contribution in [-0.4, -0.2) is 33.0 Å². The van der Waals surface area contributed by atoms with E-state index in [1.54, 1.807) is 19.5 Å². The normalized spacial score (nSPS) is 10.7. The average Bonchev–Trinajstić information content (AvgIpc) is 3.09. The highest BCUT2D eigenvalue weighted by atomic mass is 16.5. The van der Waals surface area contributed by atoms with E-state index in [2.05, 4.69) is 20.4 Å². The van der Waals surface area contributed by atoms with Crippen molar-refractivity contribution < 1.29 is 9.47 Å². The summed E-state index contributed by atoms with van der Waals surface area (Å²) >= 11 is 0. The lowest BCUT2D eigenvalue weighted by molar-refractivity contribution is 0.233. The molecule has 3 aromatic rings. The molecule has 0 bridgehead atoms. The zero-order chi connectivity index (χ0) is 17.6. The first-order valence-electron chi connectivity index (χ1n) is 8.06. The van der Waals surface area contributed by atoms with Gasteiger partial charge in [0.05, 0.1) is 31.1 Å². The van der Waals surface area contributed by atoms with E-state index in [1.807, 2.05) is 55.1 Å². The number of nitrogens with one attached hydrogen (secondary N) is 1. The van der Waals surface area contributed by atoms with Gasteiger partial charge in [-0.3, -0.25) is 0 Å². The predicted octanol–water partition coefficient (Wildman–Crippen LogP) is 3.07. The molecule has 0 spiro atoms. The Morgan fingerprint density at radius 3 is 2.56 bits per heavy atom. The number of ether oxygens (including phenoxy) is 2. The molecule has 0 atom stereocenters. The minimum Gasteiger partial charge on any atom is -0.497 e. The molecule has 7 heteroatoms. The van der Waals surface area contributed by atoms with Crippen molar-refractivity contribution in [1.29, 1.82) is 0 Å². The average molecular weight is 339 g/mol. The molecule has 0 aliphatic heterocycles. The highest BCUT2D eigenvalue weighted by Crippen LogP contribution is 2.20. The molecule has 0 amide bonds. The topological polar surface area (TPSA) is 74.1 Å². The van der Waals surface area contributed by atoms with Crippen molar-refractivity contribution in [3.05, 3.63) is 54.6 Å². The third-order valence-corrected chi connectivity index (χ3v) is 3.43. The summed E-state index contributed by atoms with van der Waals surface area (Å²) in [7, 11) is 1.65. The van der Waals surface area contributed by atoms with E-state index in [-0.39, 0.29) is 6.10 Å². The Bertz CT molecular complexity index is 814. The number of nitrogens with zero attached hydrogens (tertiary/aromatic N) is 4. The number of rotatable bonds is 7. The van der Waals surface area contributed by atoms with Gasteiger partial charge in [-0.05, 0) is 44.2 Å². The lowest BCUT2D eigenvalue weighted by atomic mass is 10.3. The van der Waals surface area contributed by atoms with Crippen LogP contribution in [0, 0.1) is 0 Å². The van der Waals surface area contributed by atoms with Crippen LogP contribution < -0.4 is 14.8 Å². The number of anilines is 1. The standard InChI is InChI=1S/C18H21N5O2/c1-13(2)25-18-17(19-9-10-20-18)21-12-14-8-11-23(22-14)15-4-6-16(24-3)7-5-15/h4-11,13H,12H2,1-3H3,(H,19,21). The molecule has 0 fully saturated rings. The Labute approximate surface area is 146 Å². The summed E-state index contributed by atoms with van der Waals surface area (Å²) in [6.07, 6.45) is 5.19. The maximum atomic E-state index is 5.66. The van der Waals surface area contributed by atoms with E-state index in [1.165, 1.54) is 0 Å². The molecule has 2 aromatic heterocycles. The number of hydrogen-bond donors (Lipinski definition) is 1. The Morgan fingerprint density at radius 1 is 1.08 bits per heavy atom. The Morgan fingerprint density at radius 2 is 1.84 bits per heavy atom. The van der Waals surface area contributed by atoms with Crippen LogP contribution in [0.15, 0.2) is 48.9 Å². The van der Waals surface area contributed by atoms with E-state index in [9.17, 15) is 0 Å². The van der Waals surface area contributed by atoms with Crippen molar-refractivity contribution in [3.8, 4) is 17.3 Å². The van der Waals surface area contributed by atoms with E-state index in [0.717, 1.165) is 17.1 Å². The van der Waals surface area contributed by atoms with Crippen molar-refractivity contribution in [2.45, 2.75) is 26.5 Å². The first-order valence-corrected chi connectivity index (χ1v) is 8.06. The number of benzene rings is 1. The zero-order valence-corrected chi connectivity index (χ0v) is 14.5. The molecule has 0 unspecified atom stereocenters. The molecular weight excluding hydrogens is 318 g/mol. The fourth-order valence-corrected chi connectivity index (χ4v) is 2.27. The number of hydrogen-bond acceptors (Lipinski definition) is 6. The number of methoxy groups -OCH3 is 1. The van der Waals surface area contributed by atoms with Crippen LogP contribution in [0.5, 0.6) is 11.6 Å². The van der Waals surface area contributed by atoms with Crippen molar-refractivity contribution in [1.82, 2.24) is 19.7 Å². The SMILES string of the molecule is COc1ccc(-n2ccc(CNc3nccnc3OC(C)C)n2)cc1. The van der Waals surface area contributed by atoms with Gasteiger partial charge in [-0.2, -0.15) is 5.10 Å². The van der Waals surface area contributed by atoms with Gasteiger partial charge in [0.1, 0.15) is 5.75 Å². The maximum Gasteiger partial charge on any atom is 0.257 e. The van der Waals surface area contributed by atoms with Crippen molar-refractivity contribution in [2.75, 3.05) is 12.4 Å². The molecule has 0 aliphatic rings. The zero-order valence-electron chi connectivity index (χ0n) is 14.5. The van der Waals surface area contributed by atoms with Gasteiger partial charge in [-0.1, -0.05) is 0 Å². The monoisotopic (exact) mass is 339 g/mol. The predicted molar refractivity (Wildman–Crippen MR) is 95.2 cm³/mol. The maximum absolute atomic E-state index is 5.66. The largest absolute Gasteiger partial charge is 0.497 e. The fourth-order valence-electron chi connectivity index (χ4n) is 2.27. The Kier molecular flexibility index (Phi) is 5.13. The first-order chi connectivity index (χ1) is 12.2. The molecule has 0 radical (unpaired) electrons. The Hall–Kier alpha value is -3.09. The van der Waals surface area contributed by atoms with Gasteiger partial charge in [0, 0.05) is 18.6 Å². The summed E-state index contributed by atoms with van der Waals surface area (Å²) in [6, 6.07) is 9.69. The van der Waals surface area contributed by atoms with Gasteiger partial charge in [0.15, 0.2) is 5.82 Å². The third-order valence-electron chi connectivity index (χ3n) is 3.43. The fraction of sp³-hybridized carbons (Fsp3) is 0.278. The van der Waals surface area contributed by atoms with Crippen molar-refractivity contribution in [2.24, 2.45) is 0 Å². The smallest absolute Gasteiger partial charge is 0.257 e. The molecule has 2 heterocycles. The molecule has 1 N–H and O–H groups in total. The summed E-state index contributed by atoms with van der Waals surface area (Å²) < 4.78 is 12.6.